The molecule has 2 heterocycles. The zero-order valence-corrected chi connectivity index (χ0v) is 16.8. The highest BCUT2D eigenvalue weighted by molar-refractivity contribution is 7.99. The fourth-order valence-electron chi connectivity index (χ4n) is 2.28. The van der Waals surface area contributed by atoms with Crippen LogP contribution in [-0.4, -0.2) is 29.5 Å². The molecule has 0 unspecified atom stereocenters. The van der Waals surface area contributed by atoms with Gasteiger partial charge in [0.15, 0.2) is 5.76 Å². The number of hydrogen-bond donors (Lipinski definition) is 2. The van der Waals surface area contributed by atoms with E-state index in [1.165, 1.54) is 11.8 Å². The molecular weight excluding hydrogens is 398 g/mol. The highest BCUT2D eigenvalue weighted by atomic mass is 32.2. The number of nitrogens with one attached hydrogen (secondary N) is 2. The van der Waals surface area contributed by atoms with E-state index in [1.807, 2.05) is 23.6 Å². The quantitative estimate of drug-likeness (QED) is 0.544. The van der Waals surface area contributed by atoms with E-state index >= 15 is 0 Å². The molecule has 0 saturated heterocycles. The maximum Gasteiger partial charge on any atom is 0.411 e. The molecule has 2 amide bonds. The van der Waals surface area contributed by atoms with E-state index in [0.717, 1.165) is 16.3 Å². The minimum atomic E-state index is -0.509. The maximum absolute atomic E-state index is 12.1. The first-order valence-electron chi connectivity index (χ1n) is 8.55. The summed E-state index contributed by atoms with van der Waals surface area (Å²) < 4.78 is 10.1. The topological polar surface area (TPSA) is 93.5 Å². The van der Waals surface area contributed by atoms with E-state index in [0.29, 0.717) is 29.5 Å². The SMILES string of the molecule is CCOC(=O)Nc1ccc(NC(=O)CSCc2cc(-c3cccs3)on2)cc1. The molecule has 0 aliphatic carbocycles. The molecule has 7 nitrogen and oxygen atoms in total. The highest BCUT2D eigenvalue weighted by Crippen LogP contribution is 2.26. The first-order chi connectivity index (χ1) is 13.6. The highest BCUT2D eigenvalue weighted by Gasteiger charge is 2.09. The van der Waals surface area contributed by atoms with Gasteiger partial charge in [0.05, 0.1) is 22.9 Å². The van der Waals surface area contributed by atoms with Gasteiger partial charge in [-0.2, -0.15) is 0 Å². The first-order valence-corrected chi connectivity index (χ1v) is 10.6. The van der Waals surface area contributed by atoms with Crippen molar-refractivity contribution in [3.8, 4) is 10.6 Å². The van der Waals surface area contributed by atoms with E-state index in [2.05, 4.69) is 15.8 Å². The van der Waals surface area contributed by atoms with E-state index < -0.39 is 6.09 Å². The minimum absolute atomic E-state index is 0.113. The predicted octanol–water partition coefficient (Wildman–Crippen LogP) is 4.84. The fourth-order valence-corrected chi connectivity index (χ4v) is 3.66. The van der Waals surface area contributed by atoms with E-state index in [1.54, 1.807) is 42.5 Å². The second-order valence-electron chi connectivity index (χ2n) is 5.62. The van der Waals surface area contributed by atoms with Crippen LogP contribution in [0.15, 0.2) is 52.4 Å². The summed E-state index contributed by atoms with van der Waals surface area (Å²) in [6.07, 6.45) is -0.509. The molecule has 3 aromatic rings. The Morgan fingerprint density at radius 3 is 2.61 bits per heavy atom. The number of amides is 2. The van der Waals surface area contributed by atoms with Gasteiger partial charge >= 0.3 is 6.09 Å². The van der Waals surface area contributed by atoms with Crippen molar-refractivity contribution in [3.63, 3.8) is 0 Å². The lowest BCUT2D eigenvalue weighted by molar-refractivity contribution is -0.113. The van der Waals surface area contributed by atoms with Crippen LogP contribution in [0.2, 0.25) is 0 Å². The van der Waals surface area contributed by atoms with E-state index in [9.17, 15) is 9.59 Å². The summed E-state index contributed by atoms with van der Waals surface area (Å²) in [7, 11) is 0. The molecule has 0 saturated carbocycles. The summed E-state index contributed by atoms with van der Waals surface area (Å²) in [6, 6.07) is 12.7. The van der Waals surface area contributed by atoms with Gasteiger partial charge < -0.3 is 14.6 Å². The number of benzene rings is 1. The third-order valence-corrected chi connectivity index (χ3v) is 5.35. The number of thiophene rings is 1. The Labute approximate surface area is 170 Å². The van der Waals surface area contributed by atoms with Gasteiger partial charge in [-0.3, -0.25) is 10.1 Å². The Bertz CT molecular complexity index is 908. The summed E-state index contributed by atoms with van der Waals surface area (Å²) in [6.45, 7) is 2.04. The molecule has 0 spiro atoms. The standard InChI is InChI=1S/C19H19N3O4S2/c1-2-25-19(24)21-14-7-5-13(6-8-14)20-18(23)12-27-11-15-10-16(26-22-15)17-4-3-9-28-17/h3-10H,2,11-12H2,1H3,(H,20,23)(H,21,24). The molecule has 0 aliphatic rings. The molecule has 0 aliphatic heterocycles. The van der Waals surface area contributed by atoms with Gasteiger partial charge in [0, 0.05) is 23.2 Å². The number of rotatable bonds is 8. The molecular formula is C19H19N3O4S2. The lowest BCUT2D eigenvalue weighted by Crippen LogP contribution is -2.15. The van der Waals surface area contributed by atoms with Gasteiger partial charge in [-0.15, -0.1) is 23.1 Å². The number of carbonyl (C=O) groups excluding carboxylic acids is 2. The number of carbonyl (C=O) groups is 2. The smallest absolute Gasteiger partial charge is 0.411 e. The Hall–Kier alpha value is -2.78. The van der Waals surface area contributed by atoms with Crippen molar-refractivity contribution in [1.29, 1.82) is 0 Å². The van der Waals surface area contributed by atoms with Crippen LogP contribution in [0.1, 0.15) is 12.6 Å². The zero-order chi connectivity index (χ0) is 19.8. The van der Waals surface area contributed by atoms with Crippen LogP contribution in [0.25, 0.3) is 10.6 Å². The average molecular weight is 418 g/mol. The van der Waals surface area contributed by atoms with Crippen molar-refractivity contribution >= 4 is 46.5 Å². The van der Waals surface area contributed by atoms with Gasteiger partial charge in [-0.25, -0.2) is 4.79 Å². The molecule has 0 bridgehead atoms. The molecule has 2 N–H and O–H groups in total. The first kappa shape index (κ1) is 20.0. The third kappa shape index (κ3) is 5.86. The van der Waals surface area contributed by atoms with Crippen LogP contribution in [0.5, 0.6) is 0 Å². The average Bonchev–Trinajstić information content (AvgIpc) is 3.35. The van der Waals surface area contributed by atoms with Crippen LogP contribution in [0.4, 0.5) is 16.2 Å². The van der Waals surface area contributed by atoms with Crippen LogP contribution in [0.3, 0.4) is 0 Å². The molecule has 2 aromatic heterocycles. The van der Waals surface area contributed by atoms with Crippen molar-refractivity contribution in [2.45, 2.75) is 12.7 Å². The van der Waals surface area contributed by atoms with E-state index in [-0.39, 0.29) is 5.91 Å². The van der Waals surface area contributed by atoms with Crippen molar-refractivity contribution in [1.82, 2.24) is 5.16 Å². The van der Waals surface area contributed by atoms with Crippen LogP contribution in [0, 0.1) is 0 Å². The molecule has 0 atom stereocenters. The number of thioether (sulfide) groups is 1. The molecule has 146 valence electrons. The molecule has 0 fully saturated rings. The number of anilines is 2. The van der Waals surface area contributed by atoms with Crippen LogP contribution >= 0.6 is 23.1 Å². The zero-order valence-electron chi connectivity index (χ0n) is 15.1. The van der Waals surface area contributed by atoms with Gasteiger partial charge in [-0.1, -0.05) is 11.2 Å². The van der Waals surface area contributed by atoms with Crippen molar-refractivity contribution in [3.05, 3.63) is 53.5 Å². The summed E-state index contributed by atoms with van der Waals surface area (Å²) in [5, 5.41) is 11.4. The van der Waals surface area contributed by atoms with Crippen LogP contribution < -0.4 is 10.6 Å². The van der Waals surface area contributed by atoms with Crippen molar-refractivity contribution in [2.75, 3.05) is 23.0 Å². The maximum atomic E-state index is 12.1. The minimum Gasteiger partial charge on any atom is -0.450 e. The van der Waals surface area contributed by atoms with Gasteiger partial charge in [0.25, 0.3) is 0 Å². The Balaban J connectivity index is 1.41. The Kier molecular flexibility index (Phi) is 7.10. The fraction of sp³-hybridized carbons (Fsp3) is 0.211. The van der Waals surface area contributed by atoms with Crippen molar-refractivity contribution < 1.29 is 18.8 Å². The second kappa shape index (κ2) is 9.95. The van der Waals surface area contributed by atoms with E-state index in [4.69, 9.17) is 9.26 Å². The molecule has 3 rings (SSSR count). The van der Waals surface area contributed by atoms with Gasteiger partial charge in [0.1, 0.15) is 0 Å². The third-order valence-electron chi connectivity index (χ3n) is 3.50. The number of nitrogens with zero attached hydrogens (tertiary/aromatic N) is 1. The molecule has 1 aromatic carbocycles. The molecule has 9 heteroatoms. The van der Waals surface area contributed by atoms with Gasteiger partial charge in [0.2, 0.25) is 5.91 Å². The Morgan fingerprint density at radius 2 is 1.93 bits per heavy atom. The largest absolute Gasteiger partial charge is 0.450 e. The lowest BCUT2D eigenvalue weighted by Gasteiger charge is -2.07. The molecule has 0 radical (unpaired) electrons. The summed E-state index contributed by atoms with van der Waals surface area (Å²) in [5.41, 5.74) is 2.05. The predicted molar refractivity (Wildman–Crippen MR) is 112 cm³/mol. The number of ether oxygens (including phenoxy) is 1. The van der Waals surface area contributed by atoms with Gasteiger partial charge in [-0.05, 0) is 42.6 Å². The normalized spacial score (nSPS) is 10.5. The summed E-state index contributed by atoms with van der Waals surface area (Å²) >= 11 is 3.05. The molecule has 28 heavy (non-hydrogen) atoms. The van der Waals surface area contributed by atoms with Crippen molar-refractivity contribution in [2.24, 2.45) is 0 Å². The Morgan fingerprint density at radius 1 is 1.18 bits per heavy atom. The lowest BCUT2D eigenvalue weighted by atomic mass is 10.3. The monoisotopic (exact) mass is 417 g/mol. The van der Waals surface area contributed by atoms with Crippen LogP contribution in [-0.2, 0) is 15.3 Å². The summed E-state index contributed by atoms with van der Waals surface area (Å²) in [5.74, 6) is 1.51. The second-order valence-corrected chi connectivity index (χ2v) is 7.56. The number of aromatic nitrogens is 1. The summed E-state index contributed by atoms with van der Waals surface area (Å²) in [4.78, 5) is 24.5. The number of hydrogen-bond acceptors (Lipinski definition) is 7.